The summed E-state index contributed by atoms with van der Waals surface area (Å²) in [6, 6.07) is 9.21. The quantitative estimate of drug-likeness (QED) is 0.364. The van der Waals surface area contributed by atoms with Gasteiger partial charge in [0.15, 0.2) is 5.65 Å². The lowest BCUT2D eigenvalue weighted by molar-refractivity contribution is 0.223. The third kappa shape index (κ3) is 5.49. The van der Waals surface area contributed by atoms with E-state index in [-0.39, 0.29) is 5.75 Å². The third-order valence-corrected chi connectivity index (χ3v) is 9.69. The molecule has 0 bridgehead atoms. The minimum Gasteiger partial charge on any atom is -0.366 e. The molecule has 0 unspecified atom stereocenters. The Hall–Kier alpha value is -2.95. The number of sulfone groups is 1. The number of rotatable bonds is 7. The Morgan fingerprint density at radius 1 is 1.05 bits per heavy atom. The molecule has 10 heteroatoms. The van der Waals surface area contributed by atoms with Gasteiger partial charge in [0, 0.05) is 61.6 Å². The molecule has 0 radical (unpaired) electrons. The van der Waals surface area contributed by atoms with Crippen LogP contribution in [0, 0.1) is 0 Å². The van der Waals surface area contributed by atoms with Crippen LogP contribution in [0.25, 0.3) is 27.8 Å². The first-order valence-electron chi connectivity index (χ1n) is 14.5. The number of aromatic amines is 1. The summed E-state index contributed by atoms with van der Waals surface area (Å²) in [6.07, 6.45) is 7.18. The summed E-state index contributed by atoms with van der Waals surface area (Å²) in [5.41, 5.74) is 8.21. The van der Waals surface area contributed by atoms with Gasteiger partial charge in [-0.05, 0) is 74.1 Å². The Bertz CT molecular complexity index is 1610. The van der Waals surface area contributed by atoms with Gasteiger partial charge in [0.2, 0.25) is 0 Å². The first-order chi connectivity index (χ1) is 19.2. The van der Waals surface area contributed by atoms with Gasteiger partial charge in [-0.3, -0.25) is 0 Å². The molecule has 1 aromatic carbocycles. The van der Waals surface area contributed by atoms with E-state index < -0.39 is 9.84 Å². The number of piperidine rings is 1. The Kier molecular flexibility index (Phi) is 7.35. The molecule has 0 atom stereocenters. The minimum absolute atomic E-state index is 0.240. The van der Waals surface area contributed by atoms with Gasteiger partial charge in [0.25, 0.3) is 0 Å². The van der Waals surface area contributed by atoms with Gasteiger partial charge in [0.05, 0.1) is 17.1 Å². The summed E-state index contributed by atoms with van der Waals surface area (Å²) in [6.45, 7) is 11.1. The maximum atomic E-state index is 11.6. The fourth-order valence-corrected chi connectivity index (χ4v) is 7.01. The minimum atomic E-state index is -2.93. The average molecular weight is 564 g/mol. The van der Waals surface area contributed by atoms with E-state index in [1.54, 1.807) is 6.33 Å². The topological polar surface area (TPSA) is 89.8 Å². The van der Waals surface area contributed by atoms with Gasteiger partial charge in [-0.1, -0.05) is 19.9 Å². The lowest BCUT2D eigenvalue weighted by atomic mass is 9.87. The molecular formula is C30H41N7O2S. The molecule has 2 aliphatic rings. The lowest BCUT2D eigenvalue weighted by Gasteiger charge is -2.34. The zero-order chi connectivity index (χ0) is 28.0. The Labute approximate surface area is 237 Å². The molecule has 2 fully saturated rings. The van der Waals surface area contributed by atoms with E-state index in [0.717, 1.165) is 80.2 Å². The number of aromatic nitrogens is 4. The number of piperazine rings is 1. The maximum absolute atomic E-state index is 11.6. The van der Waals surface area contributed by atoms with E-state index in [0.29, 0.717) is 18.4 Å². The number of benzene rings is 1. The second-order valence-electron chi connectivity index (χ2n) is 12.1. The van der Waals surface area contributed by atoms with Crippen molar-refractivity contribution in [1.29, 1.82) is 0 Å². The number of H-pyrrole nitrogens is 1. The second-order valence-corrected chi connectivity index (χ2v) is 14.3. The van der Waals surface area contributed by atoms with Crippen LogP contribution >= 0.6 is 0 Å². The van der Waals surface area contributed by atoms with Crippen LogP contribution in [0.3, 0.4) is 0 Å². The predicted molar refractivity (Wildman–Crippen MR) is 162 cm³/mol. The Morgan fingerprint density at radius 3 is 2.50 bits per heavy atom. The van der Waals surface area contributed by atoms with Crippen LogP contribution in [0.1, 0.15) is 49.7 Å². The van der Waals surface area contributed by atoms with Crippen LogP contribution < -0.4 is 4.90 Å². The van der Waals surface area contributed by atoms with Gasteiger partial charge in [-0.2, -0.15) is 5.10 Å². The molecule has 0 amide bonds. The molecule has 1 N–H and O–H groups in total. The monoisotopic (exact) mass is 563 g/mol. The molecule has 0 aliphatic carbocycles. The van der Waals surface area contributed by atoms with Crippen molar-refractivity contribution in [3.63, 3.8) is 0 Å². The number of pyridine rings is 1. The molecule has 0 saturated carbocycles. The van der Waals surface area contributed by atoms with Crippen LogP contribution in [-0.4, -0.2) is 103 Å². The van der Waals surface area contributed by atoms with Gasteiger partial charge in [-0.25, -0.2) is 17.9 Å². The largest absolute Gasteiger partial charge is 0.366 e. The zero-order valence-electron chi connectivity index (χ0n) is 24.1. The molecule has 214 valence electrons. The number of likely N-dealkylation sites (tertiary alicyclic amines) is 1. The highest BCUT2D eigenvalue weighted by atomic mass is 32.2. The van der Waals surface area contributed by atoms with Crippen LogP contribution in [0.5, 0.6) is 0 Å². The number of hydrogen-bond donors (Lipinski definition) is 1. The number of hydrogen-bond acceptors (Lipinski definition) is 7. The highest BCUT2D eigenvalue weighted by Gasteiger charge is 2.25. The fraction of sp³-hybridized carbons (Fsp3) is 0.533. The maximum Gasteiger partial charge on any atom is 0.178 e. The van der Waals surface area contributed by atoms with Gasteiger partial charge in [0.1, 0.15) is 16.2 Å². The number of fused-ring (bicyclic) bond motifs is 2. The molecule has 9 nitrogen and oxygen atoms in total. The van der Waals surface area contributed by atoms with Crippen molar-refractivity contribution in [3.8, 4) is 11.3 Å². The first kappa shape index (κ1) is 27.2. The van der Waals surface area contributed by atoms with Crippen LogP contribution in [-0.2, 0) is 9.84 Å². The molecule has 2 aliphatic heterocycles. The lowest BCUT2D eigenvalue weighted by Crippen LogP contribution is -2.44. The van der Waals surface area contributed by atoms with E-state index in [4.69, 9.17) is 0 Å². The molecule has 4 aromatic rings. The summed E-state index contributed by atoms with van der Waals surface area (Å²) in [5.74, 6) is 1.08. The van der Waals surface area contributed by atoms with Crippen molar-refractivity contribution in [2.75, 3.05) is 69.8 Å². The van der Waals surface area contributed by atoms with Gasteiger partial charge < -0.3 is 19.7 Å². The van der Waals surface area contributed by atoms with E-state index in [1.165, 1.54) is 22.8 Å². The first-order valence-corrected chi connectivity index (χ1v) is 16.5. The molecular weight excluding hydrogens is 522 g/mol. The van der Waals surface area contributed by atoms with E-state index in [2.05, 4.69) is 81.1 Å². The predicted octanol–water partition coefficient (Wildman–Crippen LogP) is 3.98. The molecule has 0 spiro atoms. The summed E-state index contributed by atoms with van der Waals surface area (Å²) in [4.78, 5) is 15.5. The third-order valence-electron chi connectivity index (χ3n) is 8.77. The molecule has 3 aromatic heterocycles. The fourth-order valence-electron chi connectivity index (χ4n) is 6.42. The van der Waals surface area contributed by atoms with Crippen molar-refractivity contribution >= 4 is 32.1 Å². The summed E-state index contributed by atoms with van der Waals surface area (Å²) < 4.78 is 25.1. The van der Waals surface area contributed by atoms with Gasteiger partial charge >= 0.3 is 0 Å². The van der Waals surface area contributed by atoms with E-state index >= 15 is 0 Å². The molecule has 6 rings (SSSR count). The normalized spacial score (nSPS) is 18.5. The summed E-state index contributed by atoms with van der Waals surface area (Å²) >= 11 is 0. The zero-order valence-corrected chi connectivity index (χ0v) is 24.9. The van der Waals surface area contributed by atoms with Crippen molar-refractivity contribution in [2.45, 2.75) is 38.5 Å². The van der Waals surface area contributed by atoms with Crippen molar-refractivity contribution in [1.82, 2.24) is 29.4 Å². The smallest absolute Gasteiger partial charge is 0.178 e. The Morgan fingerprint density at radius 2 is 1.80 bits per heavy atom. The second kappa shape index (κ2) is 10.8. The number of nitrogens with one attached hydrogen (secondary N) is 1. The highest BCUT2D eigenvalue weighted by Crippen LogP contribution is 2.39. The van der Waals surface area contributed by atoms with E-state index in [1.807, 2.05) is 4.52 Å². The van der Waals surface area contributed by atoms with Crippen molar-refractivity contribution in [3.05, 3.63) is 47.9 Å². The summed E-state index contributed by atoms with van der Waals surface area (Å²) in [5, 5.41) is 5.82. The number of nitrogens with zero attached hydrogens (tertiary/aromatic N) is 6. The summed E-state index contributed by atoms with van der Waals surface area (Å²) in [7, 11) is -0.749. The molecule has 5 heterocycles. The van der Waals surface area contributed by atoms with Crippen LogP contribution in [0.2, 0.25) is 0 Å². The molecule has 2 saturated heterocycles. The Balaban J connectivity index is 1.32. The average Bonchev–Trinajstić information content (AvgIpc) is 3.56. The van der Waals surface area contributed by atoms with Crippen molar-refractivity contribution in [2.24, 2.45) is 0 Å². The number of anilines is 1. The van der Waals surface area contributed by atoms with Crippen molar-refractivity contribution < 1.29 is 8.42 Å². The van der Waals surface area contributed by atoms with Gasteiger partial charge in [-0.15, -0.1) is 0 Å². The highest BCUT2D eigenvalue weighted by molar-refractivity contribution is 7.90. The number of likely N-dealkylation sites (N-methyl/N-ethyl adjacent to an activating group) is 1. The van der Waals surface area contributed by atoms with Crippen LogP contribution in [0.15, 0.2) is 36.8 Å². The van der Waals surface area contributed by atoms with E-state index in [9.17, 15) is 8.42 Å². The van der Waals surface area contributed by atoms with Crippen LogP contribution in [0.4, 0.5) is 5.69 Å². The molecule has 40 heavy (non-hydrogen) atoms. The standard InChI is InChI=1S/C30H41N7O2S/c1-21(2)28-25-17-23(22-7-9-35(10-8-22)15-16-40(4,38)39)5-6-26(25)33-29(28)24-18-27(30-31-20-32-37(30)19-24)36-13-11-34(3)12-14-36/h5-6,17-22,33H,7-16H2,1-4H3. The SMILES string of the molecule is CC(C)c1c(-c2cc(N3CCN(C)CC3)c3ncnn3c2)[nH]c2ccc(C3CCN(CCS(C)(=O)=O)CC3)cc12.